The summed E-state index contributed by atoms with van der Waals surface area (Å²) in [6.45, 7) is 3.90. The molecule has 1 amide bonds. The molecule has 1 heterocycles. The molecule has 2 atom stereocenters. The normalized spacial score (nSPS) is 21.9. The molecule has 21 heavy (non-hydrogen) atoms. The van der Waals surface area contributed by atoms with E-state index >= 15 is 0 Å². The predicted octanol–water partition coefficient (Wildman–Crippen LogP) is 2.43. The number of rotatable bonds is 5. The Bertz CT molecular complexity index is 458. The molecule has 1 aromatic carbocycles. The molecule has 0 radical (unpaired) electrons. The van der Waals surface area contributed by atoms with Gasteiger partial charge in [-0.05, 0) is 43.0 Å². The molecule has 116 valence electrons. The average molecular weight is 290 g/mol. The van der Waals surface area contributed by atoms with Gasteiger partial charge in [0, 0.05) is 26.1 Å². The predicted molar refractivity (Wildman–Crippen MR) is 84.3 cm³/mol. The van der Waals surface area contributed by atoms with Crippen molar-refractivity contribution < 1.29 is 9.53 Å². The summed E-state index contributed by atoms with van der Waals surface area (Å²) in [5.41, 5.74) is 1.12. The Kier molecular flexibility index (Phi) is 5.62. The van der Waals surface area contributed by atoms with Gasteiger partial charge in [-0.15, -0.1) is 0 Å². The first-order valence-corrected chi connectivity index (χ1v) is 7.70. The zero-order chi connectivity index (χ0) is 15.2. The highest BCUT2D eigenvalue weighted by molar-refractivity contribution is 5.76. The van der Waals surface area contributed by atoms with Gasteiger partial charge >= 0.3 is 0 Å². The van der Waals surface area contributed by atoms with Gasteiger partial charge < -0.3 is 15.0 Å². The molecule has 0 spiro atoms. The van der Waals surface area contributed by atoms with Crippen molar-refractivity contribution in [3.8, 4) is 5.75 Å². The van der Waals surface area contributed by atoms with Crippen LogP contribution in [0.3, 0.4) is 0 Å². The fraction of sp³-hybridized carbons (Fsp3) is 0.588. The van der Waals surface area contributed by atoms with Gasteiger partial charge in [-0.2, -0.15) is 0 Å². The maximum Gasteiger partial charge on any atom is 0.224 e. The number of nitrogens with one attached hydrogen (secondary N) is 1. The summed E-state index contributed by atoms with van der Waals surface area (Å²) in [6.07, 6.45) is 3.02. The summed E-state index contributed by atoms with van der Waals surface area (Å²) >= 11 is 0. The Morgan fingerprint density at radius 2 is 2.10 bits per heavy atom. The Hall–Kier alpha value is -1.55. The van der Waals surface area contributed by atoms with Gasteiger partial charge in [0.15, 0.2) is 0 Å². The van der Waals surface area contributed by atoms with Crippen molar-refractivity contribution in [2.24, 2.45) is 5.92 Å². The fourth-order valence-corrected chi connectivity index (χ4v) is 2.82. The number of amides is 1. The largest absolute Gasteiger partial charge is 0.497 e. The van der Waals surface area contributed by atoms with Crippen molar-refractivity contribution in [1.29, 1.82) is 0 Å². The summed E-state index contributed by atoms with van der Waals surface area (Å²) < 4.78 is 5.15. The minimum atomic E-state index is 0.206. The molecule has 4 nitrogen and oxygen atoms in total. The average Bonchev–Trinajstić information content (AvgIpc) is 2.50. The van der Waals surface area contributed by atoms with Crippen LogP contribution in [0.5, 0.6) is 5.75 Å². The van der Waals surface area contributed by atoms with Crippen LogP contribution in [0, 0.1) is 5.92 Å². The van der Waals surface area contributed by atoms with E-state index in [4.69, 9.17) is 4.74 Å². The van der Waals surface area contributed by atoms with Gasteiger partial charge in [-0.25, -0.2) is 0 Å². The Labute approximate surface area is 127 Å². The number of ether oxygens (including phenoxy) is 1. The van der Waals surface area contributed by atoms with Crippen molar-refractivity contribution in [3.05, 3.63) is 29.8 Å². The standard InChI is InChI=1S/C17H26N2O2/c1-13-5-4-10-18-16(13)11-17(20)19(2)12-14-6-8-15(21-3)9-7-14/h6-9,13,16,18H,4-5,10-12H2,1-3H3. The molecule has 0 aliphatic carbocycles. The second kappa shape index (κ2) is 7.46. The minimum Gasteiger partial charge on any atom is -0.497 e. The van der Waals surface area contributed by atoms with E-state index in [1.54, 1.807) is 7.11 Å². The number of piperidine rings is 1. The number of methoxy groups -OCH3 is 1. The van der Waals surface area contributed by atoms with E-state index in [1.165, 1.54) is 12.8 Å². The Balaban J connectivity index is 1.86. The van der Waals surface area contributed by atoms with Crippen molar-refractivity contribution in [1.82, 2.24) is 10.2 Å². The number of hydrogen-bond donors (Lipinski definition) is 1. The summed E-state index contributed by atoms with van der Waals surface area (Å²) in [5.74, 6) is 1.63. The van der Waals surface area contributed by atoms with E-state index in [-0.39, 0.29) is 5.91 Å². The van der Waals surface area contributed by atoms with Crippen LogP contribution in [-0.2, 0) is 11.3 Å². The molecule has 4 heteroatoms. The van der Waals surface area contributed by atoms with Crippen LogP contribution in [0.1, 0.15) is 31.7 Å². The van der Waals surface area contributed by atoms with E-state index in [2.05, 4.69) is 12.2 Å². The topological polar surface area (TPSA) is 41.6 Å². The highest BCUT2D eigenvalue weighted by Crippen LogP contribution is 2.19. The molecule has 1 aliphatic heterocycles. The minimum absolute atomic E-state index is 0.206. The first-order chi connectivity index (χ1) is 10.1. The van der Waals surface area contributed by atoms with Gasteiger partial charge in [0.1, 0.15) is 5.75 Å². The van der Waals surface area contributed by atoms with Crippen LogP contribution in [0.2, 0.25) is 0 Å². The molecule has 1 N–H and O–H groups in total. The van der Waals surface area contributed by atoms with Gasteiger partial charge in [-0.3, -0.25) is 4.79 Å². The number of hydrogen-bond acceptors (Lipinski definition) is 3. The molecular formula is C17H26N2O2. The van der Waals surface area contributed by atoms with Crippen molar-refractivity contribution in [2.45, 2.75) is 38.8 Å². The zero-order valence-electron chi connectivity index (χ0n) is 13.3. The lowest BCUT2D eigenvalue weighted by molar-refractivity contribution is -0.131. The first-order valence-electron chi connectivity index (χ1n) is 7.70. The molecule has 2 rings (SSSR count). The number of carbonyl (C=O) groups is 1. The van der Waals surface area contributed by atoms with Gasteiger partial charge in [-0.1, -0.05) is 19.1 Å². The highest BCUT2D eigenvalue weighted by Gasteiger charge is 2.24. The molecule has 1 aliphatic rings. The monoisotopic (exact) mass is 290 g/mol. The van der Waals surface area contributed by atoms with E-state index in [0.29, 0.717) is 24.9 Å². The summed E-state index contributed by atoms with van der Waals surface area (Å²) in [4.78, 5) is 14.2. The number of carbonyl (C=O) groups excluding carboxylic acids is 1. The molecular weight excluding hydrogens is 264 g/mol. The van der Waals surface area contributed by atoms with Crippen molar-refractivity contribution >= 4 is 5.91 Å². The van der Waals surface area contributed by atoms with Crippen molar-refractivity contribution in [2.75, 3.05) is 20.7 Å². The van der Waals surface area contributed by atoms with Crippen molar-refractivity contribution in [3.63, 3.8) is 0 Å². The molecule has 1 saturated heterocycles. The van der Waals surface area contributed by atoms with Crippen LogP contribution < -0.4 is 10.1 Å². The molecule has 0 bridgehead atoms. The second-order valence-corrected chi connectivity index (χ2v) is 5.98. The number of benzene rings is 1. The summed E-state index contributed by atoms with van der Waals surface area (Å²) in [6, 6.07) is 8.19. The first kappa shape index (κ1) is 15.8. The Morgan fingerprint density at radius 1 is 1.38 bits per heavy atom. The number of nitrogens with zero attached hydrogens (tertiary/aromatic N) is 1. The SMILES string of the molecule is COc1ccc(CN(C)C(=O)CC2NCCCC2C)cc1. The third-order valence-corrected chi connectivity index (χ3v) is 4.33. The zero-order valence-corrected chi connectivity index (χ0v) is 13.3. The smallest absolute Gasteiger partial charge is 0.224 e. The maximum atomic E-state index is 12.3. The van der Waals surface area contributed by atoms with Gasteiger partial charge in [0.2, 0.25) is 5.91 Å². The van der Waals surface area contributed by atoms with Crippen LogP contribution in [0.4, 0.5) is 0 Å². The van der Waals surface area contributed by atoms with Crippen LogP contribution in [0.25, 0.3) is 0 Å². The fourth-order valence-electron chi connectivity index (χ4n) is 2.82. The summed E-state index contributed by atoms with van der Waals surface area (Å²) in [7, 11) is 3.53. The second-order valence-electron chi connectivity index (χ2n) is 5.98. The van der Waals surface area contributed by atoms with Gasteiger partial charge in [0.25, 0.3) is 0 Å². The lowest BCUT2D eigenvalue weighted by Crippen LogP contribution is -2.43. The maximum absolute atomic E-state index is 12.3. The highest BCUT2D eigenvalue weighted by atomic mass is 16.5. The quantitative estimate of drug-likeness (QED) is 0.905. The van der Waals surface area contributed by atoms with E-state index in [1.807, 2.05) is 36.2 Å². The molecule has 2 unspecified atom stereocenters. The third kappa shape index (κ3) is 4.46. The van der Waals surface area contributed by atoms with Crippen LogP contribution in [0.15, 0.2) is 24.3 Å². The molecule has 1 fully saturated rings. The third-order valence-electron chi connectivity index (χ3n) is 4.33. The van der Waals surface area contributed by atoms with E-state index < -0.39 is 0 Å². The van der Waals surface area contributed by atoms with E-state index in [9.17, 15) is 4.79 Å². The molecule has 0 saturated carbocycles. The van der Waals surface area contributed by atoms with Crippen LogP contribution in [-0.4, -0.2) is 37.6 Å². The van der Waals surface area contributed by atoms with Gasteiger partial charge in [0.05, 0.1) is 7.11 Å². The Morgan fingerprint density at radius 3 is 2.71 bits per heavy atom. The van der Waals surface area contributed by atoms with Crippen LogP contribution >= 0.6 is 0 Å². The molecule has 0 aromatic heterocycles. The van der Waals surface area contributed by atoms with E-state index in [0.717, 1.165) is 17.9 Å². The lowest BCUT2D eigenvalue weighted by Gasteiger charge is -2.31. The summed E-state index contributed by atoms with van der Waals surface area (Å²) in [5, 5.41) is 3.47. The molecule has 1 aromatic rings. The lowest BCUT2D eigenvalue weighted by atomic mass is 9.90.